The number of benzene rings is 2. The van der Waals surface area contributed by atoms with Crippen molar-refractivity contribution in [3.63, 3.8) is 0 Å². The number of hydrogen-bond donors (Lipinski definition) is 2. The molecule has 1 amide bonds. The molecule has 0 fully saturated rings. The van der Waals surface area contributed by atoms with Crippen molar-refractivity contribution in [3.05, 3.63) is 59.1 Å². The lowest BCUT2D eigenvalue weighted by Crippen LogP contribution is -2.21. The van der Waals surface area contributed by atoms with Crippen LogP contribution < -0.4 is 10.6 Å². The molecule has 0 spiro atoms. The number of halogens is 1. The number of hydrogen-bond acceptors (Lipinski definition) is 4. The van der Waals surface area contributed by atoms with Crippen molar-refractivity contribution in [2.24, 2.45) is 0 Å². The lowest BCUT2D eigenvalue weighted by atomic mass is 10.2. The van der Waals surface area contributed by atoms with Crippen LogP contribution >= 0.6 is 11.6 Å². The van der Waals surface area contributed by atoms with Gasteiger partial charge in [-0.1, -0.05) is 23.7 Å². The van der Waals surface area contributed by atoms with Crippen molar-refractivity contribution in [2.45, 2.75) is 0 Å². The van der Waals surface area contributed by atoms with Crippen LogP contribution in [0, 0.1) is 0 Å². The van der Waals surface area contributed by atoms with E-state index >= 15 is 0 Å². The summed E-state index contributed by atoms with van der Waals surface area (Å²) in [6, 6.07) is 13.6. The van der Waals surface area contributed by atoms with Gasteiger partial charge in [0.25, 0.3) is 0 Å². The molecule has 114 valence electrons. The molecular formula is C16H15ClN2O3. The zero-order valence-electron chi connectivity index (χ0n) is 11.9. The van der Waals surface area contributed by atoms with Gasteiger partial charge in [0.2, 0.25) is 5.91 Å². The first-order valence-corrected chi connectivity index (χ1v) is 6.94. The second-order valence-corrected chi connectivity index (χ2v) is 4.86. The van der Waals surface area contributed by atoms with E-state index in [-0.39, 0.29) is 12.5 Å². The molecule has 2 N–H and O–H groups in total. The summed E-state index contributed by atoms with van der Waals surface area (Å²) in [5.41, 5.74) is 1.72. The van der Waals surface area contributed by atoms with E-state index in [0.717, 1.165) is 0 Å². The summed E-state index contributed by atoms with van der Waals surface area (Å²) < 4.78 is 4.61. The molecule has 0 atom stereocenters. The Morgan fingerprint density at radius 3 is 2.41 bits per heavy atom. The minimum absolute atomic E-state index is 0.0858. The molecule has 0 unspecified atom stereocenters. The second kappa shape index (κ2) is 7.47. The predicted octanol–water partition coefficient (Wildman–Crippen LogP) is 3.18. The summed E-state index contributed by atoms with van der Waals surface area (Å²) in [7, 11) is 1.32. The number of carbonyl (C=O) groups excluding carboxylic acids is 2. The summed E-state index contributed by atoms with van der Waals surface area (Å²) >= 11 is 5.99. The van der Waals surface area contributed by atoms with Gasteiger partial charge in [-0.3, -0.25) is 4.79 Å². The maximum atomic E-state index is 11.9. The SMILES string of the molecule is COC(=O)c1ccc(NC(=O)CNc2ccccc2Cl)cc1. The number of anilines is 2. The number of para-hydroxylation sites is 1. The average molecular weight is 319 g/mol. The van der Waals surface area contributed by atoms with Gasteiger partial charge in [0, 0.05) is 5.69 Å². The predicted molar refractivity (Wildman–Crippen MR) is 86.4 cm³/mol. The lowest BCUT2D eigenvalue weighted by molar-refractivity contribution is -0.114. The van der Waals surface area contributed by atoms with Crippen LogP contribution in [0.5, 0.6) is 0 Å². The fourth-order valence-electron chi connectivity index (χ4n) is 1.79. The summed E-state index contributed by atoms with van der Waals surface area (Å²) in [5, 5.41) is 6.23. The molecule has 0 heterocycles. The smallest absolute Gasteiger partial charge is 0.337 e. The highest BCUT2D eigenvalue weighted by molar-refractivity contribution is 6.33. The molecule has 0 radical (unpaired) electrons. The first-order chi connectivity index (χ1) is 10.6. The maximum absolute atomic E-state index is 11.9. The van der Waals surface area contributed by atoms with Gasteiger partial charge in [-0.15, -0.1) is 0 Å². The van der Waals surface area contributed by atoms with Crippen LogP contribution in [0.2, 0.25) is 5.02 Å². The van der Waals surface area contributed by atoms with Crippen LogP contribution in [0.4, 0.5) is 11.4 Å². The zero-order valence-corrected chi connectivity index (χ0v) is 12.7. The highest BCUT2D eigenvalue weighted by atomic mass is 35.5. The number of esters is 1. The largest absolute Gasteiger partial charge is 0.465 e. The van der Waals surface area contributed by atoms with Gasteiger partial charge in [-0.2, -0.15) is 0 Å². The summed E-state index contributed by atoms with van der Waals surface area (Å²) in [6.45, 7) is 0.0858. The van der Waals surface area contributed by atoms with Gasteiger partial charge in [0.1, 0.15) is 0 Å². The molecule has 22 heavy (non-hydrogen) atoms. The van der Waals surface area contributed by atoms with Crippen molar-refractivity contribution in [3.8, 4) is 0 Å². The van der Waals surface area contributed by atoms with Crippen LogP contribution in [-0.2, 0) is 9.53 Å². The molecule has 0 aliphatic heterocycles. The molecule has 2 aromatic carbocycles. The normalized spacial score (nSPS) is 9.91. The quantitative estimate of drug-likeness (QED) is 0.831. The highest BCUT2D eigenvalue weighted by Crippen LogP contribution is 2.20. The van der Waals surface area contributed by atoms with Crippen molar-refractivity contribution in [2.75, 3.05) is 24.3 Å². The van der Waals surface area contributed by atoms with E-state index in [1.165, 1.54) is 7.11 Å². The van der Waals surface area contributed by atoms with E-state index in [2.05, 4.69) is 15.4 Å². The first kappa shape index (κ1) is 15.9. The molecule has 5 nitrogen and oxygen atoms in total. The van der Waals surface area contributed by atoms with Gasteiger partial charge in [-0.05, 0) is 36.4 Å². The molecular weight excluding hydrogens is 304 g/mol. The first-order valence-electron chi connectivity index (χ1n) is 6.57. The minimum atomic E-state index is -0.418. The van der Waals surface area contributed by atoms with E-state index < -0.39 is 5.97 Å². The van der Waals surface area contributed by atoms with Gasteiger partial charge in [-0.25, -0.2) is 4.79 Å². The number of amides is 1. The van der Waals surface area contributed by atoms with Crippen LogP contribution in [0.3, 0.4) is 0 Å². The lowest BCUT2D eigenvalue weighted by Gasteiger charge is -2.09. The Labute approximate surface area is 133 Å². The third kappa shape index (κ3) is 4.23. The van der Waals surface area contributed by atoms with Crippen molar-refractivity contribution in [1.29, 1.82) is 0 Å². The average Bonchev–Trinajstić information content (AvgIpc) is 2.54. The van der Waals surface area contributed by atoms with E-state index in [4.69, 9.17) is 11.6 Å². The minimum Gasteiger partial charge on any atom is -0.465 e. The van der Waals surface area contributed by atoms with E-state index in [1.54, 1.807) is 36.4 Å². The van der Waals surface area contributed by atoms with Gasteiger partial charge >= 0.3 is 5.97 Å². The Morgan fingerprint density at radius 2 is 1.77 bits per heavy atom. The van der Waals surface area contributed by atoms with E-state index in [9.17, 15) is 9.59 Å². The molecule has 0 aromatic heterocycles. The molecule has 2 aromatic rings. The third-order valence-corrected chi connectivity index (χ3v) is 3.23. The van der Waals surface area contributed by atoms with Gasteiger partial charge in [0.15, 0.2) is 0 Å². The van der Waals surface area contributed by atoms with E-state index in [0.29, 0.717) is 22.0 Å². The Balaban J connectivity index is 1.89. The number of methoxy groups -OCH3 is 1. The summed E-state index contributed by atoms with van der Waals surface area (Å²) in [4.78, 5) is 23.2. The fourth-order valence-corrected chi connectivity index (χ4v) is 2.00. The maximum Gasteiger partial charge on any atom is 0.337 e. The third-order valence-electron chi connectivity index (χ3n) is 2.90. The molecule has 0 aliphatic carbocycles. The summed E-state index contributed by atoms with van der Waals surface area (Å²) in [5.74, 6) is -0.635. The highest BCUT2D eigenvalue weighted by Gasteiger charge is 2.07. The van der Waals surface area contributed by atoms with Crippen molar-refractivity contribution < 1.29 is 14.3 Å². The van der Waals surface area contributed by atoms with E-state index in [1.807, 2.05) is 12.1 Å². The molecule has 0 saturated heterocycles. The van der Waals surface area contributed by atoms with Crippen LogP contribution in [0.1, 0.15) is 10.4 Å². The Morgan fingerprint density at radius 1 is 1.09 bits per heavy atom. The molecule has 6 heteroatoms. The van der Waals surface area contributed by atoms with Crippen molar-refractivity contribution >= 4 is 34.9 Å². The fraction of sp³-hybridized carbons (Fsp3) is 0.125. The van der Waals surface area contributed by atoms with Gasteiger partial charge < -0.3 is 15.4 Å². The second-order valence-electron chi connectivity index (χ2n) is 4.45. The molecule has 0 saturated carbocycles. The van der Waals surface area contributed by atoms with Crippen LogP contribution in [-0.4, -0.2) is 25.5 Å². The molecule has 0 bridgehead atoms. The Kier molecular flexibility index (Phi) is 5.38. The molecule has 2 rings (SSSR count). The standard InChI is InChI=1S/C16H15ClN2O3/c1-22-16(21)11-6-8-12(9-7-11)19-15(20)10-18-14-5-3-2-4-13(14)17/h2-9,18H,10H2,1H3,(H,19,20). The topological polar surface area (TPSA) is 67.4 Å². The van der Waals surface area contributed by atoms with Crippen LogP contribution in [0.25, 0.3) is 0 Å². The van der Waals surface area contributed by atoms with Gasteiger partial charge in [0.05, 0.1) is 29.9 Å². The summed E-state index contributed by atoms with van der Waals surface area (Å²) in [6.07, 6.45) is 0. The molecule has 0 aliphatic rings. The number of ether oxygens (including phenoxy) is 1. The number of rotatable bonds is 5. The zero-order chi connectivity index (χ0) is 15.9. The Hall–Kier alpha value is -2.53. The van der Waals surface area contributed by atoms with Crippen LogP contribution in [0.15, 0.2) is 48.5 Å². The van der Waals surface area contributed by atoms with Crippen molar-refractivity contribution in [1.82, 2.24) is 0 Å². The Bertz CT molecular complexity index is 671. The monoisotopic (exact) mass is 318 g/mol. The number of nitrogens with one attached hydrogen (secondary N) is 2. The number of carbonyl (C=O) groups is 2.